The molecule has 2 heterocycles. The Labute approximate surface area is 420 Å². The Morgan fingerprint density at radius 3 is 1.52 bits per heavy atom. The van der Waals surface area contributed by atoms with E-state index in [1.165, 1.54) is 150 Å². The summed E-state index contributed by atoms with van der Waals surface area (Å²) in [6.45, 7) is 11.9. The summed E-state index contributed by atoms with van der Waals surface area (Å²) >= 11 is 0. The lowest BCUT2D eigenvalue weighted by atomic mass is 9.33. The number of hydrogen-bond donors (Lipinski definition) is 0. The Bertz CT molecular complexity index is 3380. The van der Waals surface area contributed by atoms with Crippen LogP contribution in [0.5, 0.6) is 0 Å². The minimum atomic E-state index is -0.163. The first-order valence-corrected chi connectivity index (χ1v) is 25.1. The van der Waals surface area contributed by atoms with Gasteiger partial charge in [-0.15, -0.1) is 10.9 Å². The van der Waals surface area contributed by atoms with E-state index in [-0.39, 0.29) is 17.5 Å². The van der Waals surface area contributed by atoms with Gasteiger partial charge in [-0.1, -0.05) is 151 Å². The van der Waals surface area contributed by atoms with Crippen molar-refractivity contribution in [1.82, 2.24) is 0 Å². The molecule has 0 fully saturated rings. The third kappa shape index (κ3) is 6.56. The van der Waals surface area contributed by atoms with Crippen LogP contribution in [-0.2, 0) is 10.8 Å². The fraction of sp³-hybridized carbons (Fsp3) is 0.127. The first-order chi connectivity index (χ1) is 32.8. The van der Waals surface area contributed by atoms with Crippen LogP contribution in [0.25, 0.3) is 11.1 Å². The molecule has 0 radical (unpaired) electrons. The second-order valence-electron chi connectivity index (χ2n) is 22.1. The topological polar surface area (TPSA) is 9.72 Å². The third-order valence-electron chi connectivity index (χ3n) is 17.3. The van der Waals surface area contributed by atoms with Crippen LogP contribution < -0.4 is 85.7 Å². The summed E-state index contributed by atoms with van der Waals surface area (Å²) < 4.78 is 0. The van der Waals surface area contributed by atoms with Gasteiger partial charge in [0.2, 0.25) is 0 Å². The van der Waals surface area contributed by atoms with Crippen molar-refractivity contribution in [3.05, 3.63) is 144 Å². The van der Waals surface area contributed by atoms with Gasteiger partial charge in [0, 0.05) is 56.6 Å². The van der Waals surface area contributed by atoms with Gasteiger partial charge in [-0.25, -0.2) is 0 Å². The average Bonchev–Trinajstić information content (AvgIpc) is 3.57. The summed E-state index contributed by atoms with van der Waals surface area (Å²) in [7, 11) is 23.2. The Balaban J connectivity index is 1.27. The van der Waals surface area contributed by atoms with E-state index < -0.39 is 0 Å². The number of anilines is 9. The molecule has 0 saturated carbocycles. The Kier molecular flexibility index (Phi) is 10.5. The van der Waals surface area contributed by atoms with Gasteiger partial charge < -0.3 is 14.7 Å². The Morgan fingerprint density at radius 1 is 0.435 bits per heavy atom. The Morgan fingerprint density at radius 2 is 0.928 bits per heavy atom. The van der Waals surface area contributed by atoms with E-state index in [0.717, 1.165) is 0 Å². The van der Waals surface area contributed by atoms with E-state index in [4.69, 9.17) is 0 Å². The number of rotatable bonds is 5. The van der Waals surface area contributed by atoms with Crippen LogP contribution in [0.3, 0.4) is 0 Å². The second kappa shape index (κ2) is 16.0. The molecule has 14 heteroatoms. The van der Waals surface area contributed by atoms with E-state index in [9.17, 15) is 0 Å². The van der Waals surface area contributed by atoms with Crippen LogP contribution in [0.1, 0.15) is 51.3 Å². The van der Waals surface area contributed by atoms with Gasteiger partial charge >= 0.3 is 0 Å². The molecule has 8 aromatic carbocycles. The smallest absolute Gasteiger partial charge is 0.252 e. The molecule has 0 saturated heterocycles. The molecule has 0 atom stereocenters. The van der Waals surface area contributed by atoms with Crippen molar-refractivity contribution >= 4 is 207 Å². The van der Waals surface area contributed by atoms with E-state index >= 15 is 0 Å². The fourth-order valence-corrected chi connectivity index (χ4v) is 12.5. The molecule has 8 aromatic rings. The molecule has 1 aliphatic carbocycles. The average molecular weight is 878 g/mol. The number of para-hydroxylation sites is 2. The van der Waals surface area contributed by atoms with Crippen LogP contribution in [0.15, 0.2) is 127 Å². The normalized spacial score (nSPS) is 13.9. The summed E-state index contributed by atoms with van der Waals surface area (Å²) in [4.78, 5) is 7.82. The van der Waals surface area contributed by atoms with Crippen LogP contribution >= 0.6 is 0 Å². The van der Waals surface area contributed by atoms with Crippen molar-refractivity contribution in [3.8, 4) is 11.1 Å². The largest absolute Gasteiger partial charge is 0.313 e. The van der Waals surface area contributed by atoms with Crippen LogP contribution in [0, 0.1) is 0 Å². The molecule has 0 spiro atoms. The maximum atomic E-state index is 2.65. The summed E-state index contributed by atoms with van der Waals surface area (Å²) in [5, 5.41) is 0. The maximum Gasteiger partial charge on any atom is 0.252 e. The van der Waals surface area contributed by atoms with Crippen molar-refractivity contribution in [1.29, 1.82) is 0 Å². The summed E-state index contributed by atoms with van der Waals surface area (Å²) in [6, 6.07) is 49.0. The third-order valence-corrected chi connectivity index (χ3v) is 17.3. The van der Waals surface area contributed by atoms with Crippen LogP contribution in [-0.4, -0.2) is 85.2 Å². The Hall–Kier alpha value is -6.13. The fourth-order valence-electron chi connectivity index (χ4n) is 12.5. The molecule has 0 bridgehead atoms. The van der Waals surface area contributed by atoms with E-state index in [1.54, 1.807) is 0 Å². The van der Waals surface area contributed by atoms with E-state index in [2.05, 4.69) is 255 Å². The number of hydrogen-bond acceptors (Lipinski definition) is 3. The van der Waals surface area contributed by atoms with E-state index in [1.807, 2.05) is 0 Å². The standard InChI is InChI=1S/C55H56B11N3/c1-54(2,3)27-23-39-51-40(24-27)68(29-19-21-32-31-15-9-10-16-33(31)55(4,5)34(32)25-29)38-26-30(20-22-36(38)66(51)35-17-11-12-18-37(35)67(39)28-13-7-6-8-14-28)69(52-47(62)43(58)41(56)44(59)48(52)63)53-49(64)45(60)42(57)46(61)50(53)65/h6-26H,56-65H2,1-5H3. The monoisotopic (exact) mass is 880 g/mol. The first kappa shape index (κ1) is 45.3. The van der Waals surface area contributed by atoms with Crippen molar-refractivity contribution < 1.29 is 0 Å². The lowest BCUT2D eigenvalue weighted by molar-refractivity contribution is 0.590. The predicted octanol–water partition coefficient (Wildman–Crippen LogP) is -4.57. The van der Waals surface area contributed by atoms with Gasteiger partial charge in [0.05, 0.1) is 0 Å². The van der Waals surface area contributed by atoms with Crippen molar-refractivity contribution in [2.45, 2.75) is 45.4 Å². The number of benzene rings is 8. The molecule has 0 N–H and O–H groups in total. The zero-order valence-electron chi connectivity index (χ0n) is 43.5. The molecule has 11 rings (SSSR count). The molecular formula is C55H56B11N3. The quantitative estimate of drug-likeness (QED) is 0.162. The molecule has 0 amide bonds. The highest BCUT2D eigenvalue weighted by Gasteiger charge is 2.45. The minimum Gasteiger partial charge on any atom is -0.313 e. The highest BCUT2D eigenvalue weighted by molar-refractivity contribution is 7.00. The van der Waals surface area contributed by atoms with Gasteiger partial charge in [-0.05, 0) is 104 Å². The van der Waals surface area contributed by atoms with Crippen molar-refractivity contribution in [2.24, 2.45) is 0 Å². The van der Waals surface area contributed by atoms with Crippen molar-refractivity contribution in [2.75, 3.05) is 14.7 Å². The number of nitrogens with zero attached hydrogens (tertiary/aromatic N) is 3. The zero-order chi connectivity index (χ0) is 48.7. The van der Waals surface area contributed by atoms with Gasteiger partial charge in [0.1, 0.15) is 78.5 Å². The van der Waals surface area contributed by atoms with Gasteiger partial charge in [-0.3, -0.25) is 0 Å². The molecular weight excluding hydrogens is 822 g/mol. The molecule has 324 valence electrons. The summed E-state index contributed by atoms with van der Waals surface area (Å²) in [5.41, 5.74) is 34.9. The zero-order valence-corrected chi connectivity index (χ0v) is 43.5. The number of fused-ring (bicyclic) bond motifs is 7. The highest BCUT2D eigenvalue weighted by atomic mass is 15.2. The molecule has 3 aliphatic rings. The van der Waals surface area contributed by atoms with Crippen LogP contribution in [0.2, 0.25) is 0 Å². The molecule has 69 heavy (non-hydrogen) atoms. The van der Waals surface area contributed by atoms with E-state index in [0.29, 0.717) is 0 Å². The molecule has 0 unspecified atom stereocenters. The minimum absolute atomic E-state index is 0.00345. The molecule has 0 aromatic heterocycles. The van der Waals surface area contributed by atoms with Crippen LogP contribution in [0.4, 0.5) is 51.2 Å². The van der Waals surface area contributed by atoms with Gasteiger partial charge in [-0.2, -0.15) is 0 Å². The lowest BCUT2D eigenvalue weighted by Crippen LogP contribution is -2.61. The van der Waals surface area contributed by atoms with Gasteiger partial charge in [0.15, 0.2) is 0 Å². The first-order valence-electron chi connectivity index (χ1n) is 25.1. The van der Waals surface area contributed by atoms with Crippen molar-refractivity contribution in [3.63, 3.8) is 0 Å². The maximum absolute atomic E-state index is 2.65. The summed E-state index contributed by atoms with van der Waals surface area (Å²) in [5.74, 6) is 0. The SMILES string of the molecule is Bc1c(B)c(B)c(N(c2ccc3c(c2)N(c2ccc4c(c2)C(C)(C)c2ccccc2-4)c2cc(C(C)(C)C)cc4c2B3c2ccccc2N4c2ccccc2)c2c(B)c(B)c(B)c(B)c2B)c(B)c1B. The summed E-state index contributed by atoms with van der Waals surface area (Å²) in [6.07, 6.45) is 0. The molecule has 2 aliphatic heterocycles. The second-order valence-corrected chi connectivity index (χ2v) is 22.1. The predicted molar refractivity (Wildman–Crippen MR) is 333 cm³/mol. The lowest BCUT2D eigenvalue weighted by Gasteiger charge is -2.45. The molecule has 3 nitrogen and oxygen atoms in total. The van der Waals surface area contributed by atoms with Gasteiger partial charge in [0.25, 0.3) is 6.71 Å². The highest BCUT2D eigenvalue weighted by Crippen LogP contribution is 2.52.